The molecule has 0 aliphatic heterocycles. The van der Waals surface area contributed by atoms with E-state index in [2.05, 4.69) is 10.2 Å². The van der Waals surface area contributed by atoms with Gasteiger partial charge in [0.2, 0.25) is 5.89 Å². The number of halogens is 1. The monoisotopic (exact) mass is 308 g/mol. The second-order valence-corrected chi connectivity index (χ2v) is 4.50. The number of ether oxygens (including phenoxy) is 1. The van der Waals surface area contributed by atoms with Crippen molar-refractivity contribution in [3.05, 3.63) is 46.6 Å². The fraction of sp³-hybridized carbons (Fsp3) is 0.214. The Bertz CT molecular complexity index is 667. The van der Waals surface area contributed by atoms with Crippen LogP contribution in [0, 0.1) is 0 Å². The van der Waals surface area contributed by atoms with E-state index in [0.717, 1.165) is 6.08 Å². The topological polar surface area (TPSA) is 85.5 Å². The summed E-state index contributed by atoms with van der Waals surface area (Å²) in [7, 11) is 0. The Morgan fingerprint density at radius 3 is 2.81 bits per heavy atom. The molecular weight excluding hydrogens is 296 g/mol. The van der Waals surface area contributed by atoms with Crippen molar-refractivity contribution in [3.8, 4) is 5.75 Å². The van der Waals surface area contributed by atoms with E-state index in [0.29, 0.717) is 34.5 Å². The van der Waals surface area contributed by atoms with Crippen molar-refractivity contribution in [1.82, 2.24) is 10.2 Å². The van der Waals surface area contributed by atoms with Crippen molar-refractivity contribution >= 4 is 23.6 Å². The number of aryl methyl sites for hydroxylation is 1. The van der Waals surface area contributed by atoms with Crippen LogP contribution in [-0.4, -0.2) is 21.3 Å². The van der Waals surface area contributed by atoms with Gasteiger partial charge in [0, 0.05) is 12.5 Å². The quantitative estimate of drug-likeness (QED) is 0.826. The lowest BCUT2D eigenvalue weighted by atomic mass is 10.2. The zero-order valence-corrected chi connectivity index (χ0v) is 12.0. The van der Waals surface area contributed by atoms with Gasteiger partial charge in [-0.2, -0.15) is 0 Å². The first kappa shape index (κ1) is 15.1. The first-order valence-corrected chi connectivity index (χ1v) is 6.61. The number of carboxylic acid groups (broad SMARTS) is 1. The fourth-order valence-corrected chi connectivity index (χ4v) is 1.78. The molecule has 0 spiro atoms. The summed E-state index contributed by atoms with van der Waals surface area (Å²) in [6, 6.07) is 4.97. The molecule has 0 fully saturated rings. The van der Waals surface area contributed by atoms with E-state index in [4.69, 9.17) is 25.9 Å². The Kier molecular flexibility index (Phi) is 4.94. The fourth-order valence-electron chi connectivity index (χ4n) is 1.53. The van der Waals surface area contributed by atoms with Crippen LogP contribution in [0.4, 0.5) is 0 Å². The Hall–Kier alpha value is -2.34. The number of carbonyl (C=O) groups is 1. The van der Waals surface area contributed by atoms with E-state index < -0.39 is 5.97 Å². The zero-order chi connectivity index (χ0) is 15.2. The summed E-state index contributed by atoms with van der Waals surface area (Å²) in [6.07, 6.45) is 3.15. The number of carboxylic acids is 1. The summed E-state index contributed by atoms with van der Waals surface area (Å²) in [5, 5.41) is 16.6. The molecule has 2 rings (SSSR count). The molecule has 0 radical (unpaired) electrons. The maximum Gasteiger partial charge on any atom is 0.328 e. The molecule has 1 aromatic heterocycles. The van der Waals surface area contributed by atoms with Crippen LogP contribution in [0.5, 0.6) is 5.75 Å². The van der Waals surface area contributed by atoms with Crippen molar-refractivity contribution in [2.45, 2.75) is 20.0 Å². The third-order valence-electron chi connectivity index (χ3n) is 2.54. The van der Waals surface area contributed by atoms with Gasteiger partial charge in [0.15, 0.2) is 6.61 Å². The number of aliphatic carboxylic acids is 1. The normalized spacial score (nSPS) is 11.0. The maximum absolute atomic E-state index is 10.4. The van der Waals surface area contributed by atoms with Crippen molar-refractivity contribution in [2.75, 3.05) is 0 Å². The third-order valence-corrected chi connectivity index (χ3v) is 2.83. The van der Waals surface area contributed by atoms with E-state index in [9.17, 15) is 4.79 Å². The first-order chi connectivity index (χ1) is 10.1. The van der Waals surface area contributed by atoms with E-state index in [1.54, 1.807) is 18.2 Å². The largest absolute Gasteiger partial charge is 0.482 e. The molecule has 2 aromatic rings. The number of rotatable bonds is 6. The lowest BCUT2D eigenvalue weighted by molar-refractivity contribution is -0.131. The van der Waals surface area contributed by atoms with Crippen LogP contribution in [0.15, 0.2) is 28.7 Å². The molecule has 110 valence electrons. The highest BCUT2D eigenvalue weighted by atomic mass is 35.5. The van der Waals surface area contributed by atoms with Crippen molar-refractivity contribution in [2.24, 2.45) is 0 Å². The number of nitrogens with zero attached hydrogens (tertiary/aromatic N) is 2. The minimum atomic E-state index is -1.02. The van der Waals surface area contributed by atoms with Gasteiger partial charge in [0.1, 0.15) is 5.75 Å². The summed E-state index contributed by atoms with van der Waals surface area (Å²) >= 11 is 6.07. The summed E-state index contributed by atoms with van der Waals surface area (Å²) in [6.45, 7) is 2.04. The van der Waals surface area contributed by atoms with Gasteiger partial charge < -0.3 is 14.3 Å². The predicted octanol–water partition coefficient (Wildman–Crippen LogP) is 2.96. The molecule has 6 nitrogen and oxygen atoms in total. The average molecular weight is 309 g/mol. The Morgan fingerprint density at radius 1 is 1.43 bits per heavy atom. The SMILES string of the molecule is CCc1nnc(COc2ccc(C=CC(=O)O)cc2Cl)o1. The molecule has 0 saturated heterocycles. The summed E-state index contributed by atoms with van der Waals surface area (Å²) in [5.74, 6) is 0.363. The van der Waals surface area contributed by atoms with Crippen molar-refractivity contribution < 1.29 is 19.1 Å². The van der Waals surface area contributed by atoms with E-state index in [1.165, 1.54) is 6.08 Å². The minimum Gasteiger partial charge on any atom is -0.482 e. The van der Waals surface area contributed by atoms with Gasteiger partial charge >= 0.3 is 5.97 Å². The van der Waals surface area contributed by atoms with Gasteiger partial charge in [-0.1, -0.05) is 24.6 Å². The van der Waals surface area contributed by atoms with Crippen LogP contribution in [0.2, 0.25) is 5.02 Å². The van der Waals surface area contributed by atoms with Crippen LogP contribution in [0.3, 0.4) is 0 Å². The number of hydrogen-bond donors (Lipinski definition) is 1. The van der Waals surface area contributed by atoms with Crippen LogP contribution in [-0.2, 0) is 17.8 Å². The minimum absolute atomic E-state index is 0.122. The van der Waals surface area contributed by atoms with Crippen LogP contribution in [0.1, 0.15) is 24.3 Å². The van der Waals surface area contributed by atoms with Gasteiger partial charge in [-0.15, -0.1) is 10.2 Å². The van der Waals surface area contributed by atoms with Crippen molar-refractivity contribution in [3.63, 3.8) is 0 Å². The number of benzene rings is 1. The molecule has 0 atom stereocenters. The molecule has 1 heterocycles. The Balaban J connectivity index is 2.02. The van der Waals surface area contributed by atoms with Crippen LogP contribution < -0.4 is 4.74 Å². The average Bonchev–Trinajstić information content (AvgIpc) is 2.92. The predicted molar refractivity (Wildman–Crippen MR) is 76.1 cm³/mol. The lowest BCUT2D eigenvalue weighted by Crippen LogP contribution is -1.96. The summed E-state index contributed by atoms with van der Waals surface area (Å²) in [4.78, 5) is 10.4. The molecular formula is C14H13ClN2O4. The highest BCUT2D eigenvalue weighted by Gasteiger charge is 2.07. The zero-order valence-electron chi connectivity index (χ0n) is 11.2. The molecule has 7 heteroatoms. The lowest BCUT2D eigenvalue weighted by Gasteiger charge is -2.06. The van der Waals surface area contributed by atoms with E-state index >= 15 is 0 Å². The molecule has 0 amide bonds. The Morgan fingerprint density at radius 2 is 2.19 bits per heavy atom. The molecule has 0 unspecified atom stereocenters. The summed E-state index contributed by atoms with van der Waals surface area (Å²) in [5.41, 5.74) is 0.667. The Labute approximate surface area is 126 Å². The molecule has 1 N–H and O–H groups in total. The standard InChI is InChI=1S/C14H13ClN2O4/c1-2-12-16-17-13(21-12)8-20-11-5-3-9(7-10(11)15)4-6-14(18)19/h3-7H,2,8H2,1H3,(H,18,19). The molecule has 0 bridgehead atoms. The smallest absolute Gasteiger partial charge is 0.328 e. The van der Waals surface area contributed by atoms with Crippen molar-refractivity contribution in [1.29, 1.82) is 0 Å². The third kappa shape index (κ3) is 4.32. The van der Waals surface area contributed by atoms with E-state index in [1.807, 2.05) is 6.92 Å². The van der Waals surface area contributed by atoms with Crippen LogP contribution in [0.25, 0.3) is 6.08 Å². The second-order valence-electron chi connectivity index (χ2n) is 4.09. The van der Waals surface area contributed by atoms with E-state index in [-0.39, 0.29) is 6.61 Å². The van der Waals surface area contributed by atoms with Gasteiger partial charge in [-0.3, -0.25) is 0 Å². The molecule has 0 aliphatic rings. The van der Waals surface area contributed by atoms with Gasteiger partial charge in [-0.05, 0) is 23.8 Å². The highest BCUT2D eigenvalue weighted by Crippen LogP contribution is 2.26. The number of hydrogen-bond acceptors (Lipinski definition) is 5. The maximum atomic E-state index is 10.4. The highest BCUT2D eigenvalue weighted by molar-refractivity contribution is 6.32. The van der Waals surface area contributed by atoms with Gasteiger partial charge in [0.25, 0.3) is 5.89 Å². The molecule has 21 heavy (non-hydrogen) atoms. The van der Waals surface area contributed by atoms with Crippen LogP contribution >= 0.6 is 11.6 Å². The van der Waals surface area contributed by atoms with Gasteiger partial charge in [-0.25, -0.2) is 4.79 Å². The second kappa shape index (κ2) is 6.90. The molecule has 1 aromatic carbocycles. The molecule has 0 aliphatic carbocycles. The number of aromatic nitrogens is 2. The van der Waals surface area contributed by atoms with Gasteiger partial charge in [0.05, 0.1) is 5.02 Å². The molecule has 0 saturated carbocycles. The summed E-state index contributed by atoms with van der Waals surface area (Å²) < 4.78 is 10.8. The first-order valence-electron chi connectivity index (χ1n) is 6.23.